The average molecular weight is 800 g/mol. The normalized spacial score (nSPS) is 25.0. The van der Waals surface area contributed by atoms with E-state index >= 15 is 0 Å². The number of ether oxygens (including phenoxy) is 1. The van der Waals surface area contributed by atoms with Crippen LogP contribution in [-0.4, -0.2) is 140 Å². The fourth-order valence-corrected chi connectivity index (χ4v) is 6.21. The van der Waals surface area contributed by atoms with Gasteiger partial charge in [-0.15, -0.1) is 0 Å². The van der Waals surface area contributed by atoms with Crippen LogP contribution in [0.4, 0.5) is 0 Å². The highest BCUT2D eigenvalue weighted by Crippen LogP contribution is 2.55. The molecule has 0 radical (unpaired) electrons. The minimum absolute atomic E-state index is 0.00955. The number of ketones is 4. The number of aromatic hydroxyl groups is 11. The molecule has 1 unspecified atom stereocenters. The van der Waals surface area contributed by atoms with Crippen LogP contribution in [0.1, 0.15) is 38.0 Å². The molecule has 1 saturated heterocycles. The molecule has 1 heterocycles. The van der Waals surface area contributed by atoms with Gasteiger partial charge in [-0.2, -0.15) is 0 Å². The molecule has 16 N–H and O–H groups in total. The van der Waals surface area contributed by atoms with Gasteiger partial charge in [-0.3, -0.25) is 19.2 Å². The van der Waals surface area contributed by atoms with Crippen molar-refractivity contribution < 1.29 is 107 Å². The largest absolute Gasteiger partial charge is 0.504 e. The Morgan fingerprint density at radius 1 is 0.561 bits per heavy atom. The second kappa shape index (κ2) is 13.9. The Morgan fingerprint density at radius 2 is 0.947 bits per heavy atom. The van der Waals surface area contributed by atoms with Gasteiger partial charge in [0, 0.05) is 16.7 Å². The van der Waals surface area contributed by atoms with Crippen molar-refractivity contribution in [3.05, 3.63) is 82.9 Å². The van der Waals surface area contributed by atoms with E-state index in [2.05, 4.69) is 0 Å². The molecule has 4 aromatic carbocycles. The summed E-state index contributed by atoms with van der Waals surface area (Å²) < 4.78 is 13.6. The van der Waals surface area contributed by atoms with Crippen molar-refractivity contribution >= 4 is 29.2 Å². The van der Waals surface area contributed by atoms with Crippen LogP contribution in [0.5, 0.6) is 63.2 Å². The number of phenols is 11. The molecule has 1 fully saturated rings. The molecular weight excluding hydrogens is 768 g/mol. The lowest BCUT2D eigenvalue weighted by Crippen LogP contribution is -2.91. The van der Waals surface area contributed by atoms with E-state index in [1.54, 1.807) is 0 Å². The average Bonchev–Trinajstić information content (AvgIpc) is 3.17. The third kappa shape index (κ3) is 5.90. The van der Waals surface area contributed by atoms with E-state index < -0.39 is 150 Å². The Bertz CT molecular complexity index is 2390. The van der Waals surface area contributed by atoms with E-state index in [-0.39, 0.29) is 42.5 Å². The van der Waals surface area contributed by atoms with Crippen molar-refractivity contribution in [3.63, 3.8) is 0 Å². The molecule has 0 amide bonds. The first-order valence-electron chi connectivity index (χ1n) is 16.2. The topological polar surface area (TPSA) is 401 Å². The number of carbonyl (C=O) groups excluding carboxylic acids is 4. The molecule has 0 spiro atoms. The van der Waals surface area contributed by atoms with Crippen molar-refractivity contribution in [1.29, 1.82) is 0 Å². The van der Waals surface area contributed by atoms with Gasteiger partial charge in [0.25, 0.3) is 5.79 Å². The monoisotopic (exact) mass is 799 g/mol. The van der Waals surface area contributed by atoms with Crippen LogP contribution in [0, 0.1) is 0 Å². The summed E-state index contributed by atoms with van der Waals surface area (Å²) in [5, 5.41) is 172. The van der Waals surface area contributed by atoms with Gasteiger partial charge < -0.3 is 86.4 Å². The number of hydrogen-bond acceptors (Lipinski definition) is 21. The van der Waals surface area contributed by atoms with Crippen LogP contribution < -0.4 is 0 Å². The van der Waals surface area contributed by atoms with E-state index in [0.717, 1.165) is 12.1 Å². The van der Waals surface area contributed by atoms with Gasteiger partial charge in [0.1, 0.15) is 6.10 Å². The van der Waals surface area contributed by atoms with Gasteiger partial charge in [0.2, 0.25) is 34.3 Å². The highest BCUT2D eigenvalue weighted by molar-refractivity contribution is 6.21. The van der Waals surface area contributed by atoms with Gasteiger partial charge in [0.15, 0.2) is 68.8 Å². The number of rotatable bonds is 10. The maximum absolute atomic E-state index is 14.8. The summed E-state index contributed by atoms with van der Waals surface area (Å²) >= 11 is 0. The number of benzene rings is 4. The van der Waals surface area contributed by atoms with Gasteiger partial charge in [-0.1, -0.05) is 12.1 Å². The molecule has 0 saturated carbocycles. The highest BCUT2D eigenvalue weighted by atomic mass is 16.7. The molecule has 57 heavy (non-hydrogen) atoms. The van der Waals surface area contributed by atoms with Crippen LogP contribution in [-0.2, 0) is 9.53 Å². The molecule has 21 heteroatoms. The fraction of sp³-hybridized carbons (Fsp3) is 0.167. The second-order valence-electron chi connectivity index (χ2n) is 12.6. The third-order valence-corrected chi connectivity index (χ3v) is 9.19. The lowest BCUT2D eigenvalue weighted by molar-refractivity contribution is -0.381. The molecule has 5 atom stereocenters. The zero-order valence-electron chi connectivity index (χ0n) is 29.3. The predicted molar refractivity (Wildman–Crippen MR) is 183 cm³/mol. The van der Waals surface area contributed by atoms with Crippen molar-refractivity contribution in [1.82, 2.24) is 0 Å². The standard InChI is InChI=1S/C36H30O21/c37-12-26-33(53,30(50)14-6-19(40)27(47)20(41)7-14)34(54,31(51)15-8-21(42)28(48)22(43)9-15)35(55,32(52)16-10-23(44)29(49)24(45)11-16)36(56,57-26)25(46)4-2-13-1-3-17(38)18(39)5-13/h1-11,26,37-45,47-49,53-56H,12H2/b4-2+/t26-,33+,34+,35-,36?/m1/s1/i2D. The van der Waals surface area contributed by atoms with Crippen LogP contribution >= 0.6 is 0 Å². The smallest absolute Gasteiger partial charge is 0.272 e. The first kappa shape index (κ1) is 39.6. The zero-order chi connectivity index (χ0) is 43.6. The number of hydrogen-bond donors (Lipinski definition) is 16. The van der Waals surface area contributed by atoms with E-state index in [1.807, 2.05) is 0 Å². The van der Waals surface area contributed by atoms with Crippen LogP contribution in [0.25, 0.3) is 6.05 Å². The Labute approximate surface area is 317 Å². The Balaban J connectivity index is 1.96. The summed E-state index contributed by atoms with van der Waals surface area (Å²) in [6, 6.07) is 2.60. The van der Waals surface area contributed by atoms with Crippen molar-refractivity contribution in [2.75, 3.05) is 6.61 Å². The maximum Gasteiger partial charge on any atom is 0.272 e. The first-order chi connectivity index (χ1) is 26.8. The van der Waals surface area contributed by atoms with Gasteiger partial charge in [-0.05, 0) is 60.2 Å². The van der Waals surface area contributed by atoms with Crippen molar-refractivity contribution in [2.24, 2.45) is 0 Å². The molecule has 1 aliphatic rings. The molecule has 0 bridgehead atoms. The van der Waals surface area contributed by atoms with E-state index in [0.29, 0.717) is 6.07 Å². The summed E-state index contributed by atoms with van der Waals surface area (Å²) in [6.07, 6.45) is -3.15. The number of phenolic OH excluding ortho intramolecular Hbond substituents is 11. The Kier molecular flexibility index (Phi) is 9.62. The minimum Gasteiger partial charge on any atom is -0.504 e. The van der Waals surface area contributed by atoms with E-state index in [4.69, 9.17) is 6.11 Å². The van der Waals surface area contributed by atoms with Gasteiger partial charge >= 0.3 is 0 Å². The first-order valence-corrected chi connectivity index (χ1v) is 15.7. The molecule has 0 aliphatic carbocycles. The summed E-state index contributed by atoms with van der Waals surface area (Å²) in [5.74, 6) is -28.1. The molecular formula is C36H30O21. The van der Waals surface area contributed by atoms with Crippen LogP contribution in [0.3, 0.4) is 0 Å². The van der Waals surface area contributed by atoms with Gasteiger partial charge in [-0.25, -0.2) is 0 Å². The molecule has 5 rings (SSSR count). The minimum atomic E-state index is -5.06. The van der Waals surface area contributed by atoms with Crippen molar-refractivity contribution in [2.45, 2.75) is 28.7 Å². The second-order valence-corrected chi connectivity index (χ2v) is 12.6. The van der Waals surface area contributed by atoms with Gasteiger partial charge in [0.05, 0.1) is 7.98 Å². The zero-order valence-corrected chi connectivity index (χ0v) is 28.3. The molecule has 300 valence electrons. The number of aliphatic hydroxyl groups is 5. The highest BCUT2D eigenvalue weighted by Gasteiger charge is 2.86. The lowest BCUT2D eigenvalue weighted by atomic mass is 9.55. The van der Waals surface area contributed by atoms with Crippen LogP contribution in [0.2, 0.25) is 0 Å². The SMILES string of the molecule is [2H]/C(=C\C(=O)C1(O)O[C@H](CO)[C@](O)(C(=O)c2cc(O)c(O)c(O)c2)[C@@](O)(C(=O)c2cc(O)c(O)c(O)c2)[C@]1(O)C(=O)c1cc(O)c(O)c(O)c1)c1ccc(O)c(O)c1. The molecule has 1 aliphatic heterocycles. The summed E-state index contributed by atoms with van der Waals surface area (Å²) in [4.78, 5) is 58.2. The van der Waals surface area contributed by atoms with Crippen molar-refractivity contribution in [3.8, 4) is 63.2 Å². The Morgan fingerprint density at radius 3 is 1.33 bits per heavy atom. The number of aliphatic hydroxyl groups excluding tert-OH is 1. The number of carbonyl (C=O) groups is 4. The summed E-state index contributed by atoms with van der Waals surface area (Å²) in [5.41, 5.74) is -19.2. The lowest BCUT2D eigenvalue weighted by Gasteiger charge is -2.60. The molecule has 21 nitrogen and oxygen atoms in total. The van der Waals surface area contributed by atoms with E-state index in [9.17, 15) is 101 Å². The Hall–Kier alpha value is -7.14. The quantitative estimate of drug-likeness (QED) is 0.0517. The number of Topliss-reactive ketones (excluding diaryl/α,β-unsaturated/α-hetero) is 3. The van der Waals surface area contributed by atoms with E-state index in [1.165, 1.54) is 0 Å². The predicted octanol–water partition coefficient (Wildman–Crippen LogP) is -1.05. The van der Waals surface area contributed by atoms with Crippen LogP contribution in [0.15, 0.2) is 60.7 Å². The molecule has 4 aromatic rings. The fourth-order valence-electron chi connectivity index (χ4n) is 6.21. The molecule has 0 aromatic heterocycles. The summed E-state index contributed by atoms with van der Waals surface area (Å²) in [7, 11) is 0. The third-order valence-electron chi connectivity index (χ3n) is 9.19. The summed E-state index contributed by atoms with van der Waals surface area (Å²) in [6.45, 7) is -1.91. The maximum atomic E-state index is 14.8.